The number of rotatable bonds is 0. The second-order valence-electron chi connectivity index (χ2n) is 6.32. The second-order valence-corrected chi connectivity index (χ2v) is 6.32. The molecular formula is C15H22O2. The van der Waals surface area contributed by atoms with Crippen LogP contribution in [-0.2, 0) is 9.53 Å². The Morgan fingerprint density at radius 3 is 2.88 bits per heavy atom. The lowest BCUT2D eigenvalue weighted by Gasteiger charge is -2.51. The molecule has 17 heavy (non-hydrogen) atoms. The highest BCUT2D eigenvalue weighted by Gasteiger charge is 2.57. The van der Waals surface area contributed by atoms with Gasteiger partial charge in [-0.15, -0.1) is 0 Å². The van der Waals surface area contributed by atoms with Gasteiger partial charge < -0.3 is 4.74 Å². The van der Waals surface area contributed by atoms with Gasteiger partial charge in [0.2, 0.25) is 0 Å². The van der Waals surface area contributed by atoms with Crippen molar-refractivity contribution in [1.29, 1.82) is 0 Å². The minimum Gasteiger partial charge on any atom is -0.462 e. The standard InChI is InChI=1S/C15H22O2/c1-9-5-4-6-11-7-8-12-13(15(9,11)3)10(2)14(16)17-12/h6,9-10,12-13H,4-5,7-8H2,1-3H3/t9?,10?,12-,13?,15?/m0/s1. The first-order valence-electron chi connectivity index (χ1n) is 6.95. The number of esters is 1. The van der Waals surface area contributed by atoms with Crippen LogP contribution in [0.1, 0.15) is 46.5 Å². The third-order valence-corrected chi connectivity index (χ3v) is 5.68. The van der Waals surface area contributed by atoms with Crippen LogP contribution >= 0.6 is 0 Å². The van der Waals surface area contributed by atoms with Crippen molar-refractivity contribution in [3.63, 3.8) is 0 Å². The maximum absolute atomic E-state index is 11.8. The molecular weight excluding hydrogens is 212 g/mol. The summed E-state index contributed by atoms with van der Waals surface area (Å²) in [5.41, 5.74) is 1.80. The molecule has 0 spiro atoms. The molecule has 3 rings (SSSR count). The lowest BCUT2D eigenvalue weighted by Crippen LogP contribution is -2.47. The van der Waals surface area contributed by atoms with Gasteiger partial charge in [0, 0.05) is 5.92 Å². The summed E-state index contributed by atoms with van der Waals surface area (Å²) < 4.78 is 5.57. The summed E-state index contributed by atoms with van der Waals surface area (Å²) in [5, 5.41) is 0. The molecule has 0 aromatic carbocycles. The SMILES string of the molecule is CC1C(=O)O[C@H]2CCC3=CCCC(C)C3(C)C12. The molecule has 3 aliphatic rings. The van der Waals surface area contributed by atoms with Crippen LogP contribution in [0.15, 0.2) is 11.6 Å². The van der Waals surface area contributed by atoms with E-state index in [9.17, 15) is 4.79 Å². The maximum Gasteiger partial charge on any atom is 0.309 e. The van der Waals surface area contributed by atoms with Gasteiger partial charge >= 0.3 is 5.97 Å². The molecule has 5 atom stereocenters. The van der Waals surface area contributed by atoms with Gasteiger partial charge in [0.05, 0.1) is 5.92 Å². The zero-order valence-corrected chi connectivity index (χ0v) is 11.0. The second kappa shape index (κ2) is 3.60. The Bertz CT molecular complexity index is 384. The van der Waals surface area contributed by atoms with Crippen LogP contribution in [0.25, 0.3) is 0 Å². The Hall–Kier alpha value is -0.790. The van der Waals surface area contributed by atoms with E-state index in [0.29, 0.717) is 11.8 Å². The maximum atomic E-state index is 11.8. The Balaban J connectivity index is 2.05. The number of ether oxygens (including phenoxy) is 1. The Morgan fingerprint density at radius 1 is 1.35 bits per heavy atom. The molecule has 4 unspecified atom stereocenters. The highest BCUT2D eigenvalue weighted by atomic mass is 16.6. The highest BCUT2D eigenvalue weighted by Crippen LogP contribution is 2.58. The average Bonchev–Trinajstić information content (AvgIpc) is 2.58. The van der Waals surface area contributed by atoms with Crippen molar-refractivity contribution in [3.05, 3.63) is 11.6 Å². The first-order valence-corrected chi connectivity index (χ1v) is 6.95. The average molecular weight is 234 g/mol. The number of fused-ring (bicyclic) bond motifs is 3. The van der Waals surface area contributed by atoms with Gasteiger partial charge in [0.1, 0.15) is 6.10 Å². The van der Waals surface area contributed by atoms with E-state index >= 15 is 0 Å². The molecule has 1 aliphatic heterocycles. The van der Waals surface area contributed by atoms with E-state index in [1.54, 1.807) is 5.57 Å². The topological polar surface area (TPSA) is 26.3 Å². The van der Waals surface area contributed by atoms with E-state index in [4.69, 9.17) is 4.74 Å². The van der Waals surface area contributed by atoms with Crippen molar-refractivity contribution < 1.29 is 9.53 Å². The summed E-state index contributed by atoms with van der Waals surface area (Å²) in [6.07, 6.45) is 7.25. The summed E-state index contributed by atoms with van der Waals surface area (Å²) in [4.78, 5) is 11.8. The van der Waals surface area contributed by atoms with Gasteiger partial charge in [-0.1, -0.05) is 32.4 Å². The van der Waals surface area contributed by atoms with E-state index in [-0.39, 0.29) is 23.4 Å². The minimum atomic E-state index is 0.0280. The van der Waals surface area contributed by atoms with Gasteiger partial charge in [-0.25, -0.2) is 0 Å². The van der Waals surface area contributed by atoms with Crippen LogP contribution in [0, 0.1) is 23.2 Å². The van der Waals surface area contributed by atoms with Gasteiger partial charge in [-0.05, 0) is 37.0 Å². The molecule has 0 bridgehead atoms. The van der Waals surface area contributed by atoms with E-state index in [2.05, 4.69) is 26.8 Å². The van der Waals surface area contributed by atoms with Gasteiger partial charge in [-0.2, -0.15) is 0 Å². The fourth-order valence-corrected chi connectivity index (χ4v) is 4.50. The quantitative estimate of drug-likeness (QED) is 0.475. The fourth-order valence-electron chi connectivity index (χ4n) is 4.50. The normalized spacial score (nSPS) is 49.1. The minimum absolute atomic E-state index is 0.0280. The monoisotopic (exact) mass is 234 g/mol. The number of allylic oxidation sites excluding steroid dienone is 2. The van der Waals surface area contributed by atoms with Crippen LogP contribution in [0.5, 0.6) is 0 Å². The molecule has 1 heterocycles. The van der Waals surface area contributed by atoms with Crippen molar-refractivity contribution in [1.82, 2.24) is 0 Å². The van der Waals surface area contributed by atoms with Crippen molar-refractivity contribution in [2.45, 2.75) is 52.6 Å². The number of carbonyl (C=O) groups excluding carboxylic acids is 1. The number of hydrogen-bond acceptors (Lipinski definition) is 2. The van der Waals surface area contributed by atoms with Crippen LogP contribution in [0.3, 0.4) is 0 Å². The van der Waals surface area contributed by atoms with Gasteiger partial charge in [0.25, 0.3) is 0 Å². The zero-order valence-electron chi connectivity index (χ0n) is 11.0. The van der Waals surface area contributed by atoms with Crippen LogP contribution in [0.4, 0.5) is 0 Å². The smallest absolute Gasteiger partial charge is 0.309 e. The van der Waals surface area contributed by atoms with Crippen LogP contribution < -0.4 is 0 Å². The molecule has 2 aliphatic carbocycles. The highest BCUT2D eigenvalue weighted by molar-refractivity contribution is 5.75. The molecule has 2 nitrogen and oxygen atoms in total. The molecule has 2 fully saturated rings. The van der Waals surface area contributed by atoms with E-state index in [0.717, 1.165) is 12.8 Å². The first kappa shape index (κ1) is 11.3. The Labute approximate surface area is 103 Å². The lowest BCUT2D eigenvalue weighted by atomic mass is 9.53. The van der Waals surface area contributed by atoms with Crippen molar-refractivity contribution in [3.8, 4) is 0 Å². The fraction of sp³-hybridized carbons (Fsp3) is 0.800. The van der Waals surface area contributed by atoms with Crippen molar-refractivity contribution in [2.24, 2.45) is 23.2 Å². The largest absolute Gasteiger partial charge is 0.462 e. The lowest BCUT2D eigenvalue weighted by molar-refractivity contribution is -0.144. The molecule has 0 aromatic rings. The predicted molar refractivity (Wildman–Crippen MR) is 66.4 cm³/mol. The van der Waals surface area contributed by atoms with Crippen molar-refractivity contribution in [2.75, 3.05) is 0 Å². The van der Waals surface area contributed by atoms with E-state index in [1.165, 1.54) is 12.8 Å². The molecule has 94 valence electrons. The molecule has 0 aromatic heterocycles. The zero-order chi connectivity index (χ0) is 12.2. The molecule has 1 saturated carbocycles. The van der Waals surface area contributed by atoms with E-state index < -0.39 is 0 Å². The van der Waals surface area contributed by atoms with Crippen LogP contribution in [-0.4, -0.2) is 12.1 Å². The third kappa shape index (κ3) is 1.36. The molecule has 0 amide bonds. The molecule has 0 N–H and O–H groups in total. The summed E-state index contributed by atoms with van der Waals surface area (Å²) in [6, 6.07) is 0. The Kier molecular flexibility index (Phi) is 2.39. The van der Waals surface area contributed by atoms with Gasteiger partial charge in [-0.3, -0.25) is 4.79 Å². The molecule has 0 radical (unpaired) electrons. The molecule has 1 saturated heterocycles. The summed E-state index contributed by atoms with van der Waals surface area (Å²) in [6.45, 7) is 6.78. The van der Waals surface area contributed by atoms with Gasteiger partial charge in [0.15, 0.2) is 0 Å². The molecule has 2 heteroatoms. The summed E-state index contributed by atoms with van der Waals surface area (Å²) >= 11 is 0. The number of carbonyl (C=O) groups is 1. The summed E-state index contributed by atoms with van der Waals surface area (Å²) in [5.74, 6) is 1.19. The van der Waals surface area contributed by atoms with E-state index in [1.807, 2.05) is 0 Å². The van der Waals surface area contributed by atoms with Crippen molar-refractivity contribution >= 4 is 5.97 Å². The summed E-state index contributed by atoms with van der Waals surface area (Å²) in [7, 11) is 0. The Morgan fingerprint density at radius 2 is 2.12 bits per heavy atom. The predicted octanol–water partition coefficient (Wildman–Crippen LogP) is 3.32. The third-order valence-electron chi connectivity index (χ3n) is 5.68. The first-order chi connectivity index (χ1) is 8.05. The van der Waals surface area contributed by atoms with Crippen LogP contribution in [0.2, 0.25) is 0 Å². The number of hydrogen-bond donors (Lipinski definition) is 0.